The smallest absolute Gasteiger partial charge is 0.309 e. The van der Waals surface area contributed by atoms with E-state index in [0.29, 0.717) is 19.3 Å². The maximum Gasteiger partial charge on any atom is 0.309 e. The molecule has 1 aromatic carbocycles. The largest absolute Gasteiger partial charge is 0.461 e. The topological polar surface area (TPSA) is 57.0 Å². The van der Waals surface area contributed by atoms with Crippen LogP contribution in [0, 0.1) is 5.92 Å². The second kappa shape index (κ2) is 7.70. The van der Waals surface area contributed by atoms with Crippen molar-refractivity contribution in [1.29, 1.82) is 0 Å². The molecule has 0 aliphatic carbocycles. The van der Waals surface area contributed by atoms with Crippen LogP contribution in [0.15, 0.2) is 36.5 Å². The molecule has 0 radical (unpaired) electrons. The van der Waals surface area contributed by atoms with Gasteiger partial charge in [-0.1, -0.05) is 57.0 Å². The van der Waals surface area contributed by atoms with E-state index in [1.807, 2.05) is 43.5 Å². The van der Waals surface area contributed by atoms with Gasteiger partial charge in [0.1, 0.15) is 6.61 Å². The first-order valence-electron chi connectivity index (χ1n) is 6.71. The van der Waals surface area contributed by atoms with E-state index in [-0.39, 0.29) is 11.9 Å². The van der Waals surface area contributed by atoms with Gasteiger partial charge in [-0.2, -0.15) is 0 Å². The van der Waals surface area contributed by atoms with Crippen molar-refractivity contribution in [2.24, 2.45) is 5.92 Å². The summed E-state index contributed by atoms with van der Waals surface area (Å²) in [5, 5.41) is 8.03. The minimum atomic E-state index is -0.240. The molecular weight excluding hydrogens is 285 g/mol. The van der Waals surface area contributed by atoms with Crippen LogP contribution in [0.3, 0.4) is 0 Å². The van der Waals surface area contributed by atoms with Crippen molar-refractivity contribution in [1.82, 2.24) is 15.0 Å². The summed E-state index contributed by atoms with van der Waals surface area (Å²) in [6.45, 7) is 2.14. The fourth-order valence-corrected chi connectivity index (χ4v) is 2.21. The summed E-state index contributed by atoms with van der Waals surface area (Å²) >= 11 is 0. The molecule has 0 saturated carbocycles. The minimum Gasteiger partial charge on any atom is -0.461 e. The van der Waals surface area contributed by atoms with Crippen molar-refractivity contribution in [2.45, 2.75) is 26.2 Å². The van der Waals surface area contributed by atoms with E-state index in [1.54, 1.807) is 4.68 Å². The third-order valence-electron chi connectivity index (χ3n) is 2.97. The molecule has 2 aromatic rings. The first kappa shape index (κ1) is 15.4. The van der Waals surface area contributed by atoms with Crippen molar-refractivity contribution in [2.75, 3.05) is 0 Å². The Hall–Kier alpha value is -2.00. The Morgan fingerprint density at radius 3 is 2.90 bits per heavy atom. The average molecular weight is 303 g/mol. The Bertz CT molecular complexity index is 598. The summed E-state index contributed by atoms with van der Waals surface area (Å²) in [7, 11) is 0.980. The van der Waals surface area contributed by atoms with Gasteiger partial charge in [-0.3, -0.25) is 4.79 Å². The molecule has 5 nitrogen and oxygen atoms in total. The molecule has 0 bridgehead atoms. The van der Waals surface area contributed by atoms with Crippen molar-refractivity contribution in [3.63, 3.8) is 0 Å². The molecule has 0 amide bonds. The summed E-state index contributed by atoms with van der Waals surface area (Å²) < 4.78 is 7.04. The van der Waals surface area contributed by atoms with E-state index in [1.165, 1.54) is 0 Å². The van der Waals surface area contributed by atoms with Gasteiger partial charge >= 0.3 is 5.97 Å². The number of carbonyl (C=O) groups is 1. The predicted octanol–water partition coefficient (Wildman–Crippen LogP) is 2.54. The van der Waals surface area contributed by atoms with Crippen molar-refractivity contribution in [3.05, 3.63) is 47.8 Å². The average Bonchev–Trinajstić information content (AvgIpc) is 2.93. The number of ether oxygens (including phenoxy) is 1. The van der Waals surface area contributed by atoms with Crippen LogP contribution in [-0.4, -0.2) is 27.3 Å². The number of hydrogen-bond acceptors (Lipinski definition) is 4. The highest BCUT2D eigenvalue weighted by Gasteiger charge is 2.17. The standard InChI is InChI=1S/C15H18N3O2P/c1-12(8-14-9-18(11-21-2)17-16-14)15(19)20-10-13-6-4-3-5-7-13/h3-7,9,12H,2,8,10-11H2,1H3. The normalized spacial score (nSPS) is 12.2. The van der Waals surface area contributed by atoms with Crippen LogP contribution in [0.5, 0.6) is 0 Å². The van der Waals surface area contributed by atoms with Gasteiger partial charge in [-0.25, -0.2) is 4.68 Å². The molecule has 1 atom stereocenters. The molecule has 1 unspecified atom stereocenters. The predicted molar refractivity (Wildman–Crippen MR) is 83.2 cm³/mol. The molecule has 21 heavy (non-hydrogen) atoms. The molecule has 0 aliphatic rings. The maximum absolute atomic E-state index is 12.0. The van der Waals surface area contributed by atoms with Gasteiger partial charge < -0.3 is 4.74 Å². The Morgan fingerprint density at radius 2 is 2.19 bits per heavy atom. The molecule has 110 valence electrons. The van der Waals surface area contributed by atoms with Gasteiger partial charge in [-0.05, 0) is 5.56 Å². The number of esters is 1. The lowest BCUT2D eigenvalue weighted by atomic mass is 10.1. The first-order valence-corrected chi connectivity index (χ1v) is 7.97. The van der Waals surface area contributed by atoms with Crippen LogP contribution in [0.2, 0.25) is 0 Å². The number of hydrogen-bond donors (Lipinski definition) is 0. The summed E-state index contributed by atoms with van der Waals surface area (Å²) in [6, 6.07) is 9.64. The van der Waals surface area contributed by atoms with Crippen molar-refractivity contribution >= 4 is 20.5 Å². The van der Waals surface area contributed by atoms with Gasteiger partial charge in [-0.15, -0.1) is 5.10 Å². The summed E-state index contributed by atoms with van der Waals surface area (Å²) in [5.41, 5.74) is 1.78. The van der Waals surface area contributed by atoms with Crippen LogP contribution in [0.1, 0.15) is 18.2 Å². The molecule has 0 saturated heterocycles. The van der Waals surface area contributed by atoms with E-state index in [4.69, 9.17) is 4.74 Å². The lowest BCUT2D eigenvalue weighted by molar-refractivity contribution is -0.149. The molecule has 2 rings (SSSR count). The van der Waals surface area contributed by atoms with Crippen LogP contribution in [0.25, 0.3) is 0 Å². The molecule has 0 N–H and O–H groups in total. The zero-order chi connectivity index (χ0) is 15.1. The number of nitrogens with zero attached hydrogens (tertiary/aromatic N) is 3. The van der Waals surface area contributed by atoms with E-state index in [0.717, 1.165) is 19.5 Å². The number of aromatic nitrogens is 3. The van der Waals surface area contributed by atoms with E-state index in [9.17, 15) is 4.79 Å². The fraction of sp³-hybridized carbons (Fsp3) is 0.333. The highest BCUT2D eigenvalue weighted by atomic mass is 31.1. The third kappa shape index (κ3) is 4.80. The van der Waals surface area contributed by atoms with Crippen molar-refractivity contribution < 1.29 is 9.53 Å². The van der Waals surface area contributed by atoms with Crippen LogP contribution in [0.4, 0.5) is 0 Å². The Morgan fingerprint density at radius 1 is 1.43 bits per heavy atom. The first-order chi connectivity index (χ1) is 10.2. The Balaban J connectivity index is 1.82. The molecule has 1 aromatic heterocycles. The molecule has 1 heterocycles. The molecule has 0 spiro atoms. The van der Waals surface area contributed by atoms with Gasteiger partial charge in [0.2, 0.25) is 0 Å². The monoisotopic (exact) mass is 303 g/mol. The number of carbonyl (C=O) groups excluding carboxylic acids is 1. The highest BCUT2D eigenvalue weighted by molar-refractivity contribution is 7.35. The number of benzene rings is 1. The summed E-state index contributed by atoms with van der Waals surface area (Å²) in [6.07, 6.45) is 6.83. The highest BCUT2D eigenvalue weighted by Crippen LogP contribution is 2.10. The fourth-order valence-electron chi connectivity index (χ4n) is 1.87. The quantitative estimate of drug-likeness (QED) is 0.582. The maximum atomic E-state index is 12.0. The number of rotatable bonds is 7. The van der Waals surface area contributed by atoms with Crippen LogP contribution >= 0.6 is 8.20 Å². The molecule has 0 aliphatic heterocycles. The van der Waals surface area contributed by atoms with Gasteiger partial charge in [0, 0.05) is 12.6 Å². The molecular formula is C15H18N3O2P. The second-order valence-corrected chi connectivity index (χ2v) is 5.54. The lowest BCUT2D eigenvalue weighted by Crippen LogP contribution is -2.17. The molecule has 0 fully saturated rings. The van der Waals surface area contributed by atoms with E-state index >= 15 is 0 Å². The zero-order valence-corrected chi connectivity index (χ0v) is 12.9. The van der Waals surface area contributed by atoms with Crippen molar-refractivity contribution in [3.8, 4) is 0 Å². The Kier molecular flexibility index (Phi) is 5.64. The van der Waals surface area contributed by atoms with E-state index in [2.05, 4.69) is 16.6 Å². The molecule has 6 heteroatoms. The van der Waals surface area contributed by atoms with Gasteiger partial charge in [0.25, 0.3) is 0 Å². The summed E-state index contributed by atoms with van der Waals surface area (Å²) in [4.78, 5) is 12.0. The van der Waals surface area contributed by atoms with Crippen LogP contribution in [-0.2, 0) is 28.8 Å². The third-order valence-corrected chi connectivity index (χ3v) is 3.46. The van der Waals surface area contributed by atoms with Gasteiger partial charge in [0.05, 0.1) is 17.9 Å². The zero-order valence-electron chi connectivity index (χ0n) is 12.0. The lowest BCUT2D eigenvalue weighted by Gasteiger charge is -2.10. The SMILES string of the molecule is C=PCn1cc(CC(C)C(=O)OCc2ccccc2)nn1. The van der Waals surface area contributed by atoms with E-state index < -0.39 is 0 Å². The van der Waals surface area contributed by atoms with Gasteiger partial charge in [0.15, 0.2) is 0 Å². The second-order valence-electron chi connectivity index (χ2n) is 4.81. The minimum absolute atomic E-state index is 0.219. The Labute approximate surface area is 125 Å². The summed E-state index contributed by atoms with van der Waals surface area (Å²) in [5.74, 6) is -0.458. The van der Waals surface area contributed by atoms with Crippen LogP contribution < -0.4 is 0 Å².